The van der Waals surface area contributed by atoms with Crippen molar-refractivity contribution in [2.24, 2.45) is 0 Å². The average Bonchev–Trinajstić information content (AvgIpc) is 2.38. The van der Waals surface area contributed by atoms with Gasteiger partial charge in [0.1, 0.15) is 6.04 Å². The number of piperazine rings is 1. The molecule has 1 fully saturated rings. The van der Waals surface area contributed by atoms with Crippen molar-refractivity contribution in [1.82, 2.24) is 20.6 Å². The Kier molecular flexibility index (Phi) is 3.91. The van der Waals surface area contributed by atoms with Crippen LogP contribution in [0.25, 0.3) is 0 Å². The third-order valence-electron chi connectivity index (χ3n) is 2.60. The molecule has 1 aliphatic rings. The molecule has 1 unspecified atom stereocenters. The highest BCUT2D eigenvalue weighted by Gasteiger charge is 2.24. The number of aryl methyl sites for hydroxylation is 1. The normalized spacial score (nSPS) is 18.6. The third-order valence-corrected chi connectivity index (χ3v) is 2.60. The molecule has 0 bridgehead atoms. The first-order valence-electron chi connectivity index (χ1n) is 5.79. The fourth-order valence-electron chi connectivity index (χ4n) is 1.65. The van der Waals surface area contributed by atoms with E-state index in [1.807, 2.05) is 0 Å². The Morgan fingerprint density at radius 1 is 1.53 bits per heavy atom. The molecule has 8 heteroatoms. The minimum Gasteiger partial charge on any atom is -0.481 e. The second-order valence-corrected chi connectivity index (χ2v) is 4.10. The molecule has 2 rings (SSSR count). The van der Waals surface area contributed by atoms with Crippen LogP contribution in [0.4, 0.5) is 5.95 Å². The molecular weight excluding hydrogens is 250 g/mol. The van der Waals surface area contributed by atoms with Crippen LogP contribution in [0.15, 0.2) is 6.07 Å². The Hall–Kier alpha value is -2.22. The number of nitrogens with one attached hydrogen (secondary N) is 3. The van der Waals surface area contributed by atoms with Crippen LogP contribution in [-0.2, 0) is 9.59 Å². The van der Waals surface area contributed by atoms with Gasteiger partial charge < -0.3 is 10.1 Å². The lowest BCUT2D eigenvalue weighted by molar-refractivity contribution is -0.124. The highest BCUT2D eigenvalue weighted by molar-refractivity contribution is 5.95. The second kappa shape index (κ2) is 5.61. The van der Waals surface area contributed by atoms with Crippen molar-refractivity contribution in [2.45, 2.75) is 13.0 Å². The van der Waals surface area contributed by atoms with Gasteiger partial charge in [0.15, 0.2) is 0 Å². The summed E-state index contributed by atoms with van der Waals surface area (Å²) in [4.78, 5) is 31.0. The monoisotopic (exact) mass is 265 g/mol. The lowest BCUT2D eigenvalue weighted by Crippen LogP contribution is -2.56. The molecule has 1 aromatic heterocycles. The van der Waals surface area contributed by atoms with E-state index in [0.29, 0.717) is 11.6 Å². The van der Waals surface area contributed by atoms with Crippen molar-refractivity contribution >= 4 is 17.8 Å². The first-order chi connectivity index (χ1) is 9.08. The number of anilines is 1. The van der Waals surface area contributed by atoms with Crippen molar-refractivity contribution < 1.29 is 14.3 Å². The van der Waals surface area contributed by atoms with Gasteiger partial charge >= 0.3 is 0 Å². The van der Waals surface area contributed by atoms with Crippen LogP contribution in [0, 0.1) is 6.92 Å². The Bertz CT molecular complexity index is 495. The van der Waals surface area contributed by atoms with Gasteiger partial charge in [-0.25, -0.2) is 4.98 Å². The summed E-state index contributed by atoms with van der Waals surface area (Å²) in [7, 11) is 1.49. The van der Waals surface area contributed by atoms with Gasteiger partial charge in [-0.3, -0.25) is 20.2 Å². The van der Waals surface area contributed by atoms with Crippen LogP contribution < -0.4 is 20.7 Å². The summed E-state index contributed by atoms with van der Waals surface area (Å²) < 4.78 is 5.00. The van der Waals surface area contributed by atoms with E-state index in [4.69, 9.17) is 4.74 Å². The van der Waals surface area contributed by atoms with Crippen molar-refractivity contribution in [3.63, 3.8) is 0 Å². The van der Waals surface area contributed by atoms with Crippen LogP contribution in [0.1, 0.15) is 5.69 Å². The summed E-state index contributed by atoms with van der Waals surface area (Å²) >= 11 is 0. The van der Waals surface area contributed by atoms with Gasteiger partial charge in [0.25, 0.3) is 0 Å². The van der Waals surface area contributed by atoms with Crippen molar-refractivity contribution in [2.75, 3.05) is 25.5 Å². The number of ether oxygens (including phenoxy) is 1. The van der Waals surface area contributed by atoms with E-state index in [9.17, 15) is 9.59 Å². The van der Waals surface area contributed by atoms with E-state index >= 15 is 0 Å². The van der Waals surface area contributed by atoms with E-state index in [1.165, 1.54) is 7.11 Å². The average molecular weight is 265 g/mol. The molecule has 0 aromatic carbocycles. The maximum Gasteiger partial charge on any atom is 0.245 e. The van der Waals surface area contributed by atoms with Gasteiger partial charge in [0.2, 0.25) is 23.6 Å². The molecule has 8 nitrogen and oxygen atoms in total. The molecule has 102 valence electrons. The zero-order valence-corrected chi connectivity index (χ0v) is 10.7. The molecule has 1 aliphatic heterocycles. The number of nitrogens with zero attached hydrogens (tertiary/aromatic N) is 2. The maximum absolute atomic E-state index is 11.9. The molecule has 1 atom stereocenters. The fraction of sp³-hybridized carbons (Fsp3) is 0.455. The number of carbonyl (C=O) groups is 2. The van der Waals surface area contributed by atoms with Gasteiger partial charge in [-0.05, 0) is 6.92 Å². The maximum atomic E-state index is 11.9. The largest absolute Gasteiger partial charge is 0.481 e. The van der Waals surface area contributed by atoms with Gasteiger partial charge in [-0.1, -0.05) is 0 Å². The number of rotatable bonds is 3. The summed E-state index contributed by atoms with van der Waals surface area (Å²) in [5.41, 5.74) is 0.687. The number of amides is 2. The quantitative estimate of drug-likeness (QED) is 0.635. The zero-order valence-electron chi connectivity index (χ0n) is 10.7. The van der Waals surface area contributed by atoms with E-state index in [0.717, 1.165) is 0 Å². The number of hydrogen-bond donors (Lipinski definition) is 3. The number of carbonyl (C=O) groups excluding carboxylic acids is 2. The summed E-state index contributed by atoms with van der Waals surface area (Å²) in [6, 6.07) is 1.17. The molecule has 0 radical (unpaired) electrons. The van der Waals surface area contributed by atoms with Gasteiger partial charge in [0, 0.05) is 18.3 Å². The fourth-order valence-corrected chi connectivity index (χ4v) is 1.65. The predicted molar refractivity (Wildman–Crippen MR) is 66.8 cm³/mol. The Balaban J connectivity index is 2.02. The molecule has 0 spiro atoms. The Morgan fingerprint density at radius 2 is 2.32 bits per heavy atom. The second-order valence-electron chi connectivity index (χ2n) is 4.10. The van der Waals surface area contributed by atoms with Crippen LogP contribution in [0.2, 0.25) is 0 Å². The molecule has 2 heterocycles. The van der Waals surface area contributed by atoms with Crippen LogP contribution in [0.5, 0.6) is 5.88 Å². The van der Waals surface area contributed by atoms with E-state index in [2.05, 4.69) is 25.9 Å². The lowest BCUT2D eigenvalue weighted by Gasteiger charge is -2.22. The van der Waals surface area contributed by atoms with Gasteiger partial charge in [0.05, 0.1) is 13.7 Å². The summed E-state index contributed by atoms with van der Waals surface area (Å²) in [5, 5.41) is 8.01. The van der Waals surface area contributed by atoms with E-state index in [-0.39, 0.29) is 30.9 Å². The number of methoxy groups -OCH3 is 1. The molecule has 1 saturated heterocycles. The standard InChI is InChI=1S/C11H15N5O3/c1-6-3-9(19-2)15-11(14-6)16-10(18)7-4-13-8(17)5-12-7/h3,7,12H,4-5H2,1-2H3,(H,13,17)(H,14,15,16,18). The molecule has 0 aliphatic carbocycles. The molecule has 0 saturated carbocycles. The highest BCUT2D eigenvalue weighted by Crippen LogP contribution is 2.11. The van der Waals surface area contributed by atoms with Crippen LogP contribution >= 0.6 is 0 Å². The highest BCUT2D eigenvalue weighted by atomic mass is 16.5. The third kappa shape index (κ3) is 3.38. The van der Waals surface area contributed by atoms with Crippen LogP contribution in [0.3, 0.4) is 0 Å². The topological polar surface area (TPSA) is 105 Å². The predicted octanol–water partition coefficient (Wildman–Crippen LogP) is -1.18. The van der Waals surface area contributed by atoms with E-state index in [1.54, 1.807) is 13.0 Å². The zero-order chi connectivity index (χ0) is 13.8. The summed E-state index contributed by atoms with van der Waals surface area (Å²) in [6.07, 6.45) is 0. The summed E-state index contributed by atoms with van der Waals surface area (Å²) in [5.74, 6) is 0.137. The first-order valence-corrected chi connectivity index (χ1v) is 5.79. The molecular formula is C11H15N5O3. The SMILES string of the molecule is COc1cc(C)nc(NC(=O)C2CNC(=O)CN2)n1. The molecule has 19 heavy (non-hydrogen) atoms. The first kappa shape index (κ1) is 13.2. The Morgan fingerprint density at radius 3 is 2.95 bits per heavy atom. The lowest BCUT2D eigenvalue weighted by atomic mass is 10.2. The van der Waals surface area contributed by atoms with Gasteiger partial charge in [-0.2, -0.15) is 4.98 Å². The number of hydrogen-bond acceptors (Lipinski definition) is 6. The van der Waals surface area contributed by atoms with Crippen molar-refractivity contribution in [1.29, 1.82) is 0 Å². The summed E-state index contributed by atoms with van der Waals surface area (Å²) in [6.45, 7) is 2.14. The van der Waals surface area contributed by atoms with E-state index < -0.39 is 6.04 Å². The minimum absolute atomic E-state index is 0.121. The molecule has 3 N–H and O–H groups in total. The molecule has 2 amide bonds. The minimum atomic E-state index is -0.493. The Labute approximate surface area is 110 Å². The van der Waals surface area contributed by atoms with Gasteiger partial charge in [-0.15, -0.1) is 0 Å². The number of aromatic nitrogens is 2. The molecule has 1 aromatic rings. The van der Waals surface area contributed by atoms with Crippen LogP contribution in [-0.4, -0.2) is 48.0 Å². The smallest absolute Gasteiger partial charge is 0.245 e. The van der Waals surface area contributed by atoms with Crippen molar-refractivity contribution in [3.05, 3.63) is 11.8 Å². The van der Waals surface area contributed by atoms with Crippen molar-refractivity contribution in [3.8, 4) is 5.88 Å².